The first-order valence-corrected chi connectivity index (χ1v) is 14.2. The van der Waals surface area contributed by atoms with Gasteiger partial charge in [-0.15, -0.1) is 11.3 Å². The second-order valence-electron chi connectivity index (χ2n) is 9.35. The Hall–Kier alpha value is -2.20. The van der Waals surface area contributed by atoms with Crippen LogP contribution in [0.4, 0.5) is 0 Å². The van der Waals surface area contributed by atoms with Gasteiger partial charge >= 0.3 is 5.97 Å². The minimum absolute atomic E-state index is 0.127. The van der Waals surface area contributed by atoms with E-state index in [-0.39, 0.29) is 5.97 Å². The van der Waals surface area contributed by atoms with Crippen molar-refractivity contribution >= 4 is 28.1 Å². The first-order chi connectivity index (χ1) is 16.7. The topological polar surface area (TPSA) is 39.2 Å². The van der Waals surface area contributed by atoms with Gasteiger partial charge in [0.2, 0.25) is 0 Å². The first kappa shape index (κ1) is 26.4. The van der Waals surface area contributed by atoms with Crippen LogP contribution in [-0.4, -0.2) is 11.0 Å². The summed E-state index contributed by atoms with van der Waals surface area (Å²) in [6, 6.07) is 12.4. The Bertz CT molecular complexity index is 1010. The van der Waals surface area contributed by atoms with Crippen molar-refractivity contribution in [3.63, 3.8) is 0 Å². The van der Waals surface area contributed by atoms with Gasteiger partial charge in [0.15, 0.2) is 0 Å². The minimum atomic E-state index is -0.127. The number of rotatable bonds is 16. The quantitative estimate of drug-likeness (QED) is 0.117. The molecule has 0 aliphatic carbocycles. The van der Waals surface area contributed by atoms with E-state index in [0.717, 1.165) is 30.0 Å². The van der Waals surface area contributed by atoms with Crippen molar-refractivity contribution in [1.29, 1.82) is 0 Å². The van der Waals surface area contributed by atoms with Crippen LogP contribution in [0.1, 0.15) is 102 Å². The average molecular weight is 480 g/mol. The van der Waals surface area contributed by atoms with Crippen molar-refractivity contribution in [3.8, 4) is 16.2 Å². The lowest BCUT2D eigenvalue weighted by Crippen LogP contribution is -2.07. The smallest absolute Gasteiger partial charge is 0.311 e. The van der Waals surface area contributed by atoms with Crippen molar-refractivity contribution < 1.29 is 9.53 Å². The number of ether oxygens (including phenoxy) is 1. The third kappa shape index (κ3) is 8.87. The normalized spacial score (nSPS) is 11.2. The number of esters is 1. The number of benzene rings is 2. The second kappa shape index (κ2) is 14.9. The number of hydrogen-bond donors (Lipinski definition) is 0. The van der Waals surface area contributed by atoms with Crippen LogP contribution in [0, 0.1) is 0 Å². The number of aryl methyl sites for hydroxylation is 1. The number of carbonyl (C=O) groups is 1. The summed E-state index contributed by atoms with van der Waals surface area (Å²) in [5, 5.41) is 3.47. The summed E-state index contributed by atoms with van der Waals surface area (Å²) in [7, 11) is 0. The van der Waals surface area contributed by atoms with Crippen LogP contribution in [0.15, 0.2) is 42.6 Å². The van der Waals surface area contributed by atoms with Crippen LogP contribution in [0.5, 0.6) is 5.75 Å². The molecule has 1 aromatic heterocycles. The van der Waals surface area contributed by atoms with Crippen molar-refractivity contribution in [2.45, 2.75) is 104 Å². The molecule has 0 atom stereocenters. The molecule has 0 aliphatic rings. The summed E-state index contributed by atoms with van der Waals surface area (Å²) >= 11 is 1.80. The fourth-order valence-electron chi connectivity index (χ4n) is 4.29. The average Bonchev–Trinajstić information content (AvgIpc) is 3.32. The van der Waals surface area contributed by atoms with E-state index in [4.69, 9.17) is 4.74 Å². The molecule has 34 heavy (non-hydrogen) atoms. The van der Waals surface area contributed by atoms with Crippen LogP contribution in [-0.2, 0) is 11.2 Å². The van der Waals surface area contributed by atoms with Crippen LogP contribution in [0.2, 0.25) is 0 Å². The maximum atomic E-state index is 12.2. The molecule has 0 bridgehead atoms. The Morgan fingerprint density at radius 3 is 2.21 bits per heavy atom. The maximum absolute atomic E-state index is 12.2. The van der Waals surface area contributed by atoms with E-state index >= 15 is 0 Å². The Morgan fingerprint density at radius 1 is 0.794 bits per heavy atom. The molecule has 0 spiro atoms. The highest BCUT2D eigenvalue weighted by Gasteiger charge is 2.08. The lowest BCUT2D eigenvalue weighted by molar-refractivity contribution is -0.134. The summed E-state index contributed by atoms with van der Waals surface area (Å²) in [5.41, 5.74) is 1.20. The molecule has 0 amide bonds. The highest BCUT2D eigenvalue weighted by atomic mass is 32.1. The number of carbonyl (C=O) groups excluding carboxylic acids is 1. The molecule has 0 saturated heterocycles. The molecular weight excluding hydrogens is 438 g/mol. The van der Waals surface area contributed by atoms with Gasteiger partial charge in [0.1, 0.15) is 5.75 Å². The standard InChI is InChI=1S/C30H41NO2S/c1-3-5-7-9-10-11-12-14-16-30(32)33-27-20-19-24-21-26(18-17-25(24)22-27)28-23-31-29(34-28)15-13-8-6-4-2/h17-23H,3-16H2,1-2H3. The van der Waals surface area contributed by atoms with E-state index in [1.807, 2.05) is 24.4 Å². The number of aromatic nitrogens is 1. The van der Waals surface area contributed by atoms with Gasteiger partial charge in [0.25, 0.3) is 0 Å². The highest BCUT2D eigenvalue weighted by molar-refractivity contribution is 7.15. The molecule has 0 unspecified atom stereocenters. The van der Waals surface area contributed by atoms with Gasteiger partial charge < -0.3 is 4.74 Å². The number of thiazole rings is 1. The molecule has 184 valence electrons. The van der Waals surface area contributed by atoms with Crippen molar-refractivity contribution in [3.05, 3.63) is 47.6 Å². The minimum Gasteiger partial charge on any atom is -0.427 e. The van der Waals surface area contributed by atoms with Gasteiger partial charge in [-0.2, -0.15) is 0 Å². The number of unbranched alkanes of at least 4 members (excludes halogenated alkanes) is 10. The van der Waals surface area contributed by atoms with Gasteiger partial charge in [-0.1, -0.05) is 96.3 Å². The number of hydrogen-bond acceptors (Lipinski definition) is 4. The molecule has 2 aromatic carbocycles. The summed E-state index contributed by atoms with van der Waals surface area (Å²) < 4.78 is 5.61. The zero-order valence-corrected chi connectivity index (χ0v) is 21.9. The van der Waals surface area contributed by atoms with Crippen molar-refractivity contribution in [1.82, 2.24) is 4.98 Å². The fraction of sp³-hybridized carbons (Fsp3) is 0.533. The van der Waals surface area contributed by atoms with E-state index in [0.29, 0.717) is 12.2 Å². The third-order valence-corrected chi connectivity index (χ3v) is 7.47. The SMILES string of the molecule is CCCCCCCCCCC(=O)Oc1ccc2cc(-c3cnc(CCCCCC)s3)ccc2c1. The van der Waals surface area contributed by atoms with Crippen LogP contribution in [0.3, 0.4) is 0 Å². The summed E-state index contributed by atoms with van der Waals surface area (Å²) in [6.07, 6.45) is 18.5. The Labute approximate surface area is 210 Å². The molecule has 3 rings (SSSR count). The summed E-state index contributed by atoms with van der Waals surface area (Å²) in [4.78, 5) is 18.1. The monoisotopic (exact) mass is 479 g/mol. The van der Waals surface area contributed by atoms with Gasteiger partial charge in [0, 0.05) is 12.6 Å². The molecule has 0 fully saturated rings. The molecule has 0 saturated carbocycles. The summed E-state index contributed by atoms with van der Waals surface area (Å²) in [6.45, 7) is 4.48. The molecular formula is C30H41NO2S. The Balaban J connectivity index is 1.47. The Morgan fingerprint density at radius 2 is 1.44 bits per heavy atom. The van der Waals surface area contributed by atoms with Gasteiger partial charge in [-0.05, 0) is 53.8 Å². The zero-order chi connectivity index (χ0) is 24.0. The predicted octanol–water partition coefficient (Wildman–Crippen LogP) is 9.52. The predicted molar refractivity (Wildman–Crippen MR) is 146 cm³/mol. The fourth-order valence-corrected chi connectivity index (χ4v) is 5.24. The van der Waals surface area contributed by atoms with Crippen molar-refractivity contribution in [2.24, 2.45) is 0 Å². The van der Waals surface area contributed by atoms with E-state index in [1.54, 1.807) is 11.3 Å². The van der Waals surface area contributed by atoms with Crippen LogP contribution < -0.4 is 4.74 Å². The molecule has 3 aromatic rings. The maximum Gasteiger partial charge on any atom is 0.311 e. The van der Waals surface area contributed by atoms with E-state index < -0.39 is 0 Å². The lowest BCUT2D eigenvalue weighted by Gasteiger charge is -2.07. The van der Waals surface area contributed by atoms with Crippen molar-refractivity contribution in [2.75, 3.05) is 0 Å². The Kier molecular flexibility index (Phi) is 11.6. The molecule has 4 heteroatoms. The largest absolute Gasteiger partial charge is 0.427 e. The third-order valence-electron chi connectivity index (χ3n) is 6.36. The van der Waals surface area contributed by atoms with Crippen LogP contribution in [0.25, 0.3) is 21.2 Å². The molecule has 0 radical (unpaired) electrons. The van der Waals surface area contributed by atoms with Crippen LogP contribution >= 0.6 is 11.3 Å². The zero-order valence-electron chi connectivity index (χ0n) is 21.1. The van der Waals surface area contributed by atoms with E-state index in [1.165, 1.54) is 79.7 Å². The molecule has 1 heterocycles. The van der Waals surface area contributed by atoms with E-state index in [9.17, 15) is 4.79 Å². The second-order valence-corrected chi connectivity index (χ2v) is 10.5. The first-order valence-electron chi connectivity index (χ1n) is 13.4. The van der Waals surface area contributed by atoms with Gasteiger partial charge in [0.05, 0.1) is 9.88 Å². The molecule has 0 N–H and O–H groups in total. The van der Waals surface area contributed by atoms with E-state index in [2.05, 4.69) is 37.0 Å². The van der Waals surface area contributed by atoms with Gasteiger partial charge in [-0.25, -0.2) is 4.98 Å². The number of fused-ring (bicyclic) bond motifs is 1. The molecule has 3 nitrogen and oxygen atoms in total. The number of nitrogens with zero attached hydrogens (tertiary/aromatic N) is 1. The van der Waals surface area contributed by atoms with Gasteiger partial charge in [-0.3, -0.25) is 4.79 Å². The lowest BCUT2D eigenvalue weighted by atomic mass is 10.1. The molecule has 0 aliphatic heterocycles. The summed E-state index contributed by atoms with van der Waals surface area (Å²) in [5.74, 6) is 0.509. The highest BCUT2D eigenvalue weighted by Crippen LogP contribution is 2.31.